The molecule has 2 rings (SSSR count). The number of hydrogen-bond donors (Lipinski definition) is 1. The minimum Gasteiger partial charge on any atom is -0.497 e. The molecule has 0 aliphatic carbocycles. The molecular formula is C20H22N2O4. The predicted molar refractivity (Wildman–Crippen MR) is 98.8 cm³/mol. The van der Waals surface area contributed by atoms with Crippen LogP contribution in [0.1, 0.15) is 25.0 Å². The number of methoxy groups -OCH3 is 1. The summed E-state index contributed by atoms with van der Waals surface area (Å²) in [7, 11) is 1.59. The van der Waals surface area contributed by atoms with Crippen molar-refractivity contribution in [2.24, 2.45) is 0 Å². The van der Waals surface area contributed by atoms with E-state index in [0.29, 0.717) is 36.0 Å². The number of nitriles is 1. The molecule has 0 aromatic heterocycles. The lowest BCUT2D eigenvalue weighted by Crippen LogP contribution is -2.15. The zero-order valence-corrected chi connectivity index (χ0v) is 15.2. The van der Waals surface area contributed by atoms with E-state index in [1.54, 1.807) is 31.4 Å². The summed E-state index contributed by atoms with van der Waals surface area (Å²) >= 11 is 0. The molecule has 0 radical (unpaired) electrons. The van der Waals surface area contributed by atoms with E-state index in [0.717, 1.165) is 11.3 Å². The lowest BCUT2D eigenvalue weighted by Gasteiger charge is -2.14. The first-order valence-corrected chi connectivity index (χ1v) is 8.37. The number of carbonyl (C=O) groups is 1. The number of amides is 1. The molecule has 0 spiro atoms. The fraction of sp³-hybridized carbons (Fsp3) is 0.300. The molecule has 0 bridgehead atoms. The van der Waals surface area contributed by atoms with Gasteiger partial charge in [-0.3, -0.25) is 4.79 Å². The molecule has 0 saturated heterocycles. The quantitative estimate of drug-likeness (QED) is 0.784. The van der Waals surface area contributed by atoms with Crippen LogP contribution in [0.5, 0.6) is 17.2 Å². The van der Waals surface area contributed by atoms with Crippen molar-refractivity contribution >= 4 is 11.6 Å². The van der Waals surface area contributed by atoms with Gasteiger partial charge in [-0.15, -0.1) is 0 Å². The minimum atomic E-state index is -0.224. The van der Waals surface area contributed by atoms with E-state index in [-0.39, 0.29) is 12.3 Å². The number of rotatable bonds is 8. The summed E-state index contributed by atoms with van der Waals surface area (Å²) in [6.45, 7) is 4.61. The highest BCUT2D eigenvalue weighted by atomic mass is 16.5. The average molecular weight is 354 g/mol. The molecule has 0 atom stereocenters. The molecule has 2 aromatic carbocycles. The second-order valence-corrected chi connectivity index (χ2v) is 5.40. The van der Waals surface area contributed by atoms with Crippen LogP contribution >= 0.6 is 0 Å². The summed E-state index contributed by atoms with van der Waals surface area (Å²) in [5.74, 6) is 1.49. The molecule has 6 heteroatoms. The van der Waals surface area contributed by atoms with Crippen molar-refractivity contribution in [1.29, 1.82) is 5.26 Å². The lowest BCUT2D eigenvalue weighted by molar-refractivity contribution is -0.115. The molecule has 0 aliphatic rings. The smallest absolute Gasteiger partial charge is 0.228 e. The first-order valence-electron chi connectivity index (χ1n) is 8.37. The number of anilines is 1. The van der Waals surface area contributed by atoms with Crippen molar-refractivity contribution in [3.05, 3.63) is 47.5 Å². The number of carbonyl (C=O) groups excluding carboxylic acids is 1. The molecule has 136 valence electrons. The topological polar surface area (TPSA) is 80.6 Å². The highest BCUT2D eigenvalue weighted by Gasteiger charge is 2.14. The van der Waals surface area contributed by atoms with Gasteiger partial charge in [0.1, 0.15) is 11.8 Å². The van der Waals surface area contributed by atoms with Crippen molar-refractivity contribution < 1.29 is 19.0 Å². The van der Waals surface area contributed by atoms with Gasteiger partial charge in [0.2, 0.25) is 5.91 Å². The first kappa shape index (κ1) is 19.1. The fourth-order valence-electron chi connectivity index (χ4n) is 2.42. The normalized spacial score (nSPS) is 9.92. The summed E-state index contributed by atoms with van der Waals surface area (Å²) in [6.07, 6.45) is 0.187. The first-order chi connectivity index (χ1) is 12.6. The van der Waals surface area contributed by atoms with E-state index in [2.05, 4.69) is 11.4 Å². The average Bonchev–Trinajstić information content (AvgIpc) is 2.64. The molecule has 6 nitrogen and oxygen atoms in total. The molecule has 2 aromatic rings. The van der Waals surface area contributed by atoms with Crippen LogP contribution in [0.3, 0.4) is 0 Å². The van der Waals surface area contributed by atoms with E-state index in [9.17, 15) is 10.1 Å². The van der Waals surface area contributed by atoms with Gasteiger partial charge >= 0.3 is 0 Å². The highest BCUT2D eigenvalue weighted by molar-refractivity contribution is 5.94. The number of hydrogen-bond acceptors (Lipinski definition) is 5. The number of nitrogens with one attached hydrogen (secondary N) is 1. The van der Waals surface area contributed by atoms with Crippen molar-refractivity contribution in [3.8, 4) is 23.3 Å². The van der Waals surface area contributed by atoms with Crippen molar-refractivity contribution in [3.63, 3.8) is 0 Å². The Bertz CT molecular complexity index is 795. The van der Waals surface area contributed by atoms with Gasteiger partial charge in [-0.2, -0.15) is 5.26 Å². The van der Waals surface area contributed by atoms with Crippen LogP contribution in [0, 0.1) is 11.3 Å². The van der Waals surface area contributed by atoms with E-state index in [1.165, 1.54) is 0 Å². The zero-order chi connectivity index (χ0) is 18.9. The maximum Gasteiger partial charge on any atom is 0.228 e. The monoisotopic (exact) mass is 354 g/mol. The van der Waals surface area contributed by atoms with Crippen LogP contribution in [0.4, 0.5) is 5.69 Å². The number of benzene rings is 2. The Labute approximate surface area is 153 Å². The Morgan fingerprint density at radius 1 is 1.08 bits per heavy atom. The maximum absolute atomic E-state index is 12.4. The molecule has 26 heavy (non-hydrogen) atoms. The molecular weight excluding hydrogens is 332 g/mol. The largest absolute Gasteiger partial charge is 0.497 e. The lowest BCUT2D eigenvalue weighted by atomic mass is 10.1. The number of ether oxygens (including phenoxy) is 3. The summed E-state index contributed by atoms with van der Waals surface area (Å²) in [5.41, 5.74) is 1.57. The zero-order valence-electron chi connectivity index (χ0n) is 15.2. The van der Waals surface area contributed by atoms with Gasteiger partial charge in [-0.05, 0) is 31.5 Å². The van der Waals surface area contributed by atoms with Crippen molar-refractivity contribution in [2.45, 2.75) is 20.3 Å². The Kier molecular flexibility index (Phi) is 6.86. The molecule has 0 aliphatic heterocycles. The molecule has 1 N–H and O–H groups in total. The van der Waals surface area contributed by atoms with Gasteiger partial charge in [0.05, 0.1) is 38.0 Å². The molecule has 0 saturated carbocycles. The van der Waals surface area contributed by atoms with Gasteiger partial charge in [-0.1, -0.05) is 12.1 Å². The standard InChI is InChI=1S/C20H22N2O4/c1-4-25-18-11-15(13-21)17(12-19(18)26-5-2)22-20(23)10-14-6-8-16(24-3)9-7-14/h6-9,11-12H,4-5,10H2,1-3H3,(H,22,23). The number of nitrogens with zero attached hydrogens (tertiary/aromatic N) is 1. The Morgan fingerprint density at radius 3 is 2.23 bits per heavy atom. The third-order valence-corrected chi connectivity index (χ3v) is 3.60. The third kappa shape index (κ3) is 4.90. The predicted octanol–water partition coefficient (Wildman–Crippen LogP) is 3.55. The van der Waals surface area contributed by atoms with Crippen LogP contribution in [0.15, 0.2) is 36.4 Å². The van der Waals surface area contributed by atoms with Crippen molar-refractivity contribution in [2.75, 3.05) is 25.6 Å². The SMILES string of the molecule is CCOc1cc(C#N)c(NC(=O)Cc2ccc(OC)cc2)cc1OCC. The molecule has 0 fully saturated rings. The van der Waals surface area contributed by atoms with Gasteiger partial charge in [0.25, 0.3) is 0 Å². The third-order valence-electron chi connectivity index (χ3n) is 3.60. The minimum absolute atomic E-state index is 0.187. The van der Waals surface area contributed by atoms with Crippen LogP contribution < -0.4 is 19.5 Å². The van der Waals surface area contributed by atoms with Crippen LogP contribution in [-0.4, -0.2) is 26.2 Å². The maximum atomic E-state index is 12.4. The van der Waals surface area contributed by atoms with E-state index >= 15 is 0 Å². The highest BCUT2D eigenvalue weighted by Crippen LogP contribution is 2.33. The van der Waals surface area contributed by atoms with Crippen LogP contribution in [0.25, 0.3) is 0 Å². The van der Waals surface area contributed by atoms with Crippen molar-refractivity contribution in [1.82, 2.24) is 0 Å². The summed E-state index contributed by atoms with van der Waals surface area (Å²) in [4.78, 5) is 12.4. The molecule has 0 heterocycles. The molecule has 1 amide bonds. The summed E-state index contributed by atoms with van der Waals surface area (Å²) < 4.78 is 16.2. The Hall–Kier alpha value is -3.20. The fourth-order valence-corrected chi connectivity index (χ4v) is 2.42. The van der Waals surface area contributed by atoms with E-state index < -0.39 is 0 Å². The van der Waals surface area contributed by atoms with Crippen LogP contribution in [-0.2, 0) is 11.2 Å². The van der Waals surface area contributed by atoms with Gasteiger partial charge in [0.15, 0.2) is 11.5 Å². The van der Waals surface area contributed by atoms with Crippen LogP contribution in [0.2, 0.25) is 0 Å². The summed E-state index contributed by atoms with van der Waals surface area (Å²) in [5, 5.41) is 12.2. The second kappa shape index (κ2) is 9.33. The van der Waals surface area contributed by atoms with E-state index in [4.69, 9.17) is 14.2 Å². The van der Waals surface area contributed by atoms with Gasteiger partial charge < -0.3 is 19.5 Å². The molecule has 0 unspecified atom stereocenters. The summed E-state index contributed by atoms with van der Waals surface area (Å²) in [6, 6.07) is 12.5. The van der Waals surface area contributed by atoms with E-state index in [1.807, 2.05) is 26.0 Å². The Balaban J connectivity index is 2.19. The Morgan fingerprint density at radius 2 is 1.69 bits per heavy atom. The van der Waals surface area contributed by atoms with Gasteiger partial charge in [-0.25, -0.2) is 0 Å². The van der Waals surface area contributed by atoms with Gasteiger partial charge in [0, 0.05) is 12.1 Å². The second-order valence-electron chi connectivity index (χ2n) is 5.40.